The van der Waals surface area contributed by atoms with Crippen LogP contribution in [0.15, 0.2) is 23.2 Å². The van der Waals surface area contributed by atoms with Crippen molar-refractivity contribution < 1.29 is 13.6 Å². The van der Waals surface area contributed by atoms with Gasteiger partial charge >= 0.3 is 0 Å². The summed E-state index contributed by atoms with van der Waals surface area (Å²) in [5.74, 6) is -0.707. The highest BCUT2D eigenvalue weighted by Gasteiger charge is 2.25. The predicted molar refractivity (Wildman–Crippen MR) is 110 cm³/mol. The van der Waals surface area contributed by atoms with Gasteiger partial charge in [-0.25, -0.2) is 8.78 Å². The number of hydrogen-bond donors (Lipinski definition) is 3. The van der Waals surface area contributed by atoms with E-state index < -0.39 is 11.6 Å². The fourth-order valence-electron chi connectivity index (χ4n) is 2.71. The predicted octanol–water partition coefficient (Wildman–Crippen LogP) is 1.85. The van der Waals surface area contributed by atoms with Crippen molar-refractivity contribution in [2.45, 2.75) is 25.8 Å². The van der Waals surface area contributed by atoms with Crippen molar-refractivity contribution in [1.82, 2.24) is 16.0 Å². The number of nitrogens with one attached hydrogen (secondary N) is 3. The number of nitrogens with zero attached hydrogens (tertiary/aromatic N) is 2. The maximum atomic E-state index is 13.9. The highest BCUT2D eigenvalue weighted by molar-refractivity contribution is 14.0. The highest BCUT2D eigenvalue weighted by atomic mass is 127. The lowest BCUT2D eigenvalue weighted by molar-refractivity contribution is -0.120. The fourth-order valence-corrected chi connectivity index (χ4v) is 2.71. The second-order valence-corrected chi connectivity index (χ2v) is 5.95. The summed E-state index contributed by atoms with van der Waals surface area (Å²) in [6.45, 7) is 4.01. The van der Waals surface area contributed by atoms with Gasteiger partial charge in [0.05, 0.1) is 12.2 Å². The van der Waals surface area contributed by atoms with Gasteiger partial charge in [-0.15, -0.1) is 24.0 Å². The zero-order valence-electron chi connectivity index (χ0n) is 15.0. The Balaban J connectivity index is 0.00000338. The Morgan fingerprint density at radius 2 is 2.12 bits per heavy atom. The molecule has 0 radical (unpaired) electrons. The number of halogens is 3. The lowest BCUT2D eigenvalue weighted by Gasteiger charge is -2.20. The fraction of sp³-hybridized carbons (Fsp3) is 0.529. The summed E-state index contributed by atoms with van der Waals surface area (Å²) in [5, 5.41) is 8.97. The molecule has 1 saturated heterocycles. The van der Waals surface area contributed by atoms with Crippen LogP contribution in [0.2, 0.25) is 0 Å². The van der Waals surface area contributed by atoms with Gasteiger partial charge in [0, 0.05) is 38.8 Å². The molecule has 1 atom stereocenters. The first-order valence-electron chi connectivity index (χ1n) is 8.47. The molecule has 0 saturated carbocycles. The maximum absolute atomic E-state index is 13.9. The quantitative estimate of drug-likeness (QED) is 0.330. The SMILES string of the molecule is CCCNC(=O)CNC(=NC)NC1CCN(c2ccc(F)cc2F)C1.I. The van der Waals surface area contributed by atoms with Crippen LogP contribution in [0.25, 0.3) is 0 Å². The summed E-state index contributed by atoms with van der Waals surface area (Å²) in [4.78, 5) is 17.6. The summed E-state index contributed by atoms with van der Waals surface area (Å²) in [6, 6.07) is 3.67. The van der Waals surface area contributed by atoms with Gasteiger partial charge in [-0.2, -0.15) is 0 Å². The van der Waals surface area contributed by atoms with Gasteiger partial charge in [0.15, 0.2) is 5.96 Å². The van der Waals surface area contributed by atoms with Crippen LogP contribution >= 0.6 is 24.0 Å². The molecule has 1 amide bonds. The van der Waals surface area contributed by atoms with Gasteiger partial charge in [0.2, 0.25) is 5.91 Å². The largest absolute Gasteiger partial charge is 0.367 e. The molecule has 2 rings (SSSR count). The number of anilines is 1. The summed E-state index contributed by atoms with van der Waals surface area (Å²) in [6.07, 6.45) is 1.68. The first-order valence-corrected chi connectivity index (χ1v) is 8.47. The van der Waals surface area contributed by atoms with E-state index in [1.54, 1.807) is 7.05 Å². The van der Waals surface area contributed by atoms with E-state index in [4.69, 9.17) is 0 Å². The highest BCUT2D eigenvalue weighted by Crippen LogP contribution is 2.24. The Morgan fingerprint density at radius 1 is 1.35 bits per heavy atom. The minimum Gasteiger partial charge on any atom is -0.367 e. The normalized spacial score (nSPS) is 16.8. The van der Waals surface area contributed by atoms with Crippen LogP contribution in [0.1, 0.15) is 19.8 Å². The average molecular weight is 481 g/mol. The van der Waals surface area contributed by atoms with Crippen LogP contribution in [0, 0.1) is 11.6 Å². The van der Waals surface area contributed by atoms with Crippen molar-refractivity contribution in [2.24, 2.45) is 4.99 Å². The van der Waals surface area contributed by atoms with Crippen molar-refractivity contribution in [2.75, 3.05) is 38.1 Å². The van der Waals surface area contributed by atoms with E-state index in [0.29, 0.717) is 31.3 Å². The first-order chi connectivity index (χ1) is 12.0. The number of carbonyl (C=O) groups is 1. The summed E-state index contributed by atoms with van der Waals surface area (Å²) in [7, 11) is 1.63. The van der Waals surface area contributed by atoms with Crippen LogP contribution in [0.3, 0.4) is 0 Å². The lowest BCUT2D eigenvalue weighted by atomic mass is 10.2. The zero-order valence-corrected chi connectivity index (χ0v) is 17.3. The number of hydrogen-bond acceptors (Lipinski definition) is 3. The number of rotatable bonds is 6. The molecule has 1 unspecified atom stereocenters. The van der Waals surface area contributed by atoms with E-state index in [-0.39, 0.29) is 42.5 Å². The average Bonchev–Trinajstić information content (AvgIpc) is 3.04. The van der Waals surface area contributed by atoms with Crippen LogP contribution in [0.4, 0.5) is 14.5 Å². The Morgan fingerprint density at radius 3 is 2.77 bits per heavy atom. The smallest absolute Gasteiger partial charge is 0.239 e. The van der Waals surface area contributed by atoms with E-state index in [0.717, 1.165) is 18.9 Å². The van der Waals surface area contributed by atoms with Crippen LogP contribution in [-0.4, -0.2) is 51.1 Å². The number of amides is 1. The molecule has 1 aromatic rings. The van der Waals surface area contributed by atoms with Gasteiger partial charge < -0.3 is 20.9 Å². The topological polar surface area (TPSA) is 68.8 Å². The summed E-state index contributed by atoms with van der Waals surface area (Å²) in [5.41, 5.74) is 0.396. The molecular weight excluding hydrogens is 455 g/mol. The molecule has 0 bridgehead atoms. The molecule has 26 heavy (non-hydrogen) atoms. The molecule has 1 aliphatic rings. The van der Waals surface area contributed by atoms with E-state index in [1.165, 1.54) is 12.1 Å². The molecule has 1 heterocycles. The second-order valence-electron chi connectivity index (χ2n) is 5.95. The molecule has 1 fully saturated rings. The molecule has 0 aliphatic carbocycles. The van der Waals surface area contributed by atoms with E-state index in [1.807, 2.05) is 11.8 Å². The monoisotopic (exact) mass is 481 g/mol. The minimum absolute atomic E-state index is 0. The molecule has 1 aliphatic heterocycles. The Bertz CT molecular complexity index is 629. The minimum atomic E-state index is -0.582. The van der Waals surface area contributed by atoms with Gasteiger partial charge in [0.25, 0.3) is 0 Å². The number of benzene rings is 1. The molecule has 0 spiro atoms. The van der Waals surface area contributed by atoms with Crippen LogP contribution < -0.4 is 20.9 Å². The Labute approximate surface area is 169 Å². The van der Waals surface area contributed by atoms with Crippen molar-refractivity contribution >= 4 is 41.5 Å². The van der Waals surface area contributed by atoms with E-state index >= 15 is 0 Å². The summed E-state index contributed by atoms with van der Waals surface area (Å²) >= 11 is 0. The summed E-state index contributed by atoms with van der Waals surface area (Å²) < 4.78 is 26.9. The van der Waals surface area contributed by atoms with Crippen LogP contribution in [-0.2, 0) is 4.79 Å². The third kappa shape index (κ3) is 6.58. The third-order valence-corrected chi connectivity index (χ3v) is 3.99. The van der Waals surface area contributed by atoms with Crippen molar-refractivity contribution in [3.63, 3.8) is 0 Å². The van der Waals surface area contributed by atoms with Gasteiger partial charge in [0.1, 0.15) is 11.6 Å². The standard InChI is InChI=1S/C17H25F2N5O.HI/c1-3-7-21-16(25)10-22-17(20-2)23-13-6-8-24(11-13)15-5-4-12(18)9-14(15)19;/h4-5,9,13H,3,6-8,10-11H2,1-2H3,(H,21,25)(H2,20,22,23);1H. The van der Waals surface area contributed by atoms with Gasteiger partial charge in [-0.3, -0.25) is 9.79 Å². The molecule has 3 N–H and O–H groups in total. The lowest BCUT2D eigenvalue weighted by Crippen LogP contribution is -2.47. The Hall–Kier alpha value is -1.65. The van der Waals surface area contributed by atoms with Gasteiger partial charge in [-0.1, -0.05) is 6.92 Å². The van der Waals surface area contributed by atoms with E-state index in [9.17, 15) is 13.6 Å². The van der Waals surface area contributed by atoms with Crippen molar-refractivity contribution in [1.29, 1.82) is 0 Å². The second kappa shape index (κ2) is 11.1. The van der Waals surface area contributed by atoms with Gasteiger partial charge in [-0.05, 0) is 25.0 Å². The van der Waals surface area contributed by atoms with Crippen molar-refractivity contribution in [3.05, 3.63) is 29.8 Å². The number of carbonyl (C=O) groups excluding carboxylic acids is 1. The molecule has 146 valence electrons. The third-order valence-electron chi connectivity index (χ3n) is 3.99. The molecule has 0 aromatic heterocycles. The number of guanidine groups is 1. The maximum Gasteiger partial charge on any atom is 0.239 e. The molecule has 9 heteroatoms. The first kappa shape index (κ1) is 22.4. The van der Waals surface area contributed by atoms with Crippen LogP contribution in [0.5, 0.6) is 0 Å². The van der Waals surface area contributed by atoms with Crippen molar-refractivity contribution in [3.8, 4) is 0 Å². The Kier molecular flexibility index (Phi) is 9.60. The number of aliphatic imine (C=N–C) groups is 1. The zero-order chi connectivity index (χ0) is 18.2. The molecule has 1 aromatic carbocycles. The molecule has 6 nitrogen and oxygen atoms in total. The van der Waals surface area contributed by atoms with E-state index in [2.05, 4.69) is 20.9 Å². The molecular formula is C17H26F2IN5O.